The Morgan fingerprint density at radius 3 is 1.62 bits per heavy atom. The number of hydrogen-bond donors (Lipinski definition) is 0. The molecule has 2 aromatic carbocycles. The summed E-state index contributed by atoms with van der Waals surface area (Å²) in [6.07, 6.45) is 17.0. The number of hydrogen-bond acceptors (Lipinski definition) is 1. The summed E-state index contributed by atoms with van der Waals surface area (Å²) < 4.78 is 8.52. The van der Waals surface area contributed by atoms with Crippen LogP contribution >= 0.6 is 0 Å². The van der Waals surface area contributed by atoms with E-state index in [9.17, 15) is 0 Å². The highest BCUT2D eigenvalue weighted by Crippen LogP contribution is 2.34. The van der Waals surface area contributed by atoms with E-state index in [1.54, 1.807) is 0 Å². The molecule has 2 nitrogen and oxygen atoms in total. The third-order valence-electron chi connectivity index (χ3n) is 6.78. The Kier molecular flexibility index (Phi) is 7.41. The van der Waals surface area contributed by atoms with Crippen LogP contribution in [-0.2, 0) is 15.6 Å². The van der Waals surface area contributed by atoms with Gasteiger partial charge in [-0.1, -0.05) is 96.1 Å². The van der Waals surface area contributed by atoms with Gasteiger partial charge >= 0.3 is 0 Å². The van der Waals surface area contributed by atoms with Crippen LogP contribution in [0, 0.1) is 0 Å². The Bertz CT molecular complexity index is 1350. The van der Waals surface area contributed by atoms with Gasteiger partial charge < -0.3 is 4.74 Å². The molecule has 0 saturated carbocycles. The lowest BCUT2D eigenvalue weighted by molar-refractivity contribution is -0.462. The van der Waals surface area contributed by atoms with Gasteiger partial charge in [-0.25, -0.2) is 4.58 Å². The van der Waals surface area contributed by atoms with Crippen molar-refractivity contribution in [1.82, 2.24) is 0 Å². The van der Waals surface area contributed by atoms with Gasteiger partial charge in [0.2, 0.25) is 0 Å². The molecule has 0 spiro atoms. The lowest BCUT2D eigenvalue weighted by Crippen LogP contribution is -2.11. The van der Waals surface area contributed by atoms with Gasteiger partial charge in [0.15, 0.2) is 5.71 Å². The lowest BCUT2D eigenvalue weighted by Gasteiger charge is -2.22. The Hall–Kier alpha value is -3.65. The number of rotatable bonds is 3. The standard InChI is InChI=1S/C35H40NO/c1-34(2,3)29-16-12-26(13-17-29)28-23-32(22-11-25-9-20-31(21-10-25)36(7)8)37-33(24-28)27-14-18-30(19-15-27)35(4,5)6/h9-24H,1-8H3/q+1/b32-22+. The predicted molar refractivity (Wildman–Crippen MR) is 159 cm³/mol. The molecular formula is C35H40NO+. The van der Waals surface area contributed by atoms with E-state index < -0.39 is 0 Å². The second-order valence-corrected chi connectivity index (χ2v) is 12.1. The summed E-state index contributed by atoms with van der Waals surface area (Å²) in [5.74, 6) is 1.68. The van der Waals surface area contributed by atoms with Crippen LogP contribution in [0.3, 0.4) is 0 Å². The van der Waals surface area contributed by atoms with Gasteiger partial charge in [-0.3, -0.25) is 0 Å². The molecule has 2 heteroatoms. The van der Waals surface area contributed by atoms with Gasteiger partial charge in [0.25, 0.3) is 0 Å². The Balaban J connectivity index is 1.71. The Morgan fingerprint density at radius 1 is 0.622 bits per heavy atom. The molecule has 0 unspecified atom stereocenters. The maximum absolute atomic E-state index is 6.42. The number of benzene rings is 2. The van der Waals surface area contributed by atoms with Crippen LogP contribution in [0.2, 0.25) is 0 Å². The minimum Gasteiger partial charge on any atom is -0.457 e. The van der Waals surface area contributed by atoms with E-state index in [0.29, 0.717) is 0 Å². The summed E-state index contributed by atoms with van der Waals surface area (Å²) in [5.41, 5.74) is 8.60. The number of allylic oxidation sites excluding steroid dienone is 10. The van der Waals surface area contributed by atoms with E-state index in [2.05, 4.69) is 157 Å². The van der Waals surface area contributed by atoms with Crippen molar-refractivity contribution >= 4 is 17.0 Å². The van der Waals surface area contributed by atoms with Gasteiger partial charge in [0.05, 0.1) is 0 Å². The monoisotopic (exact) mass is 490 g/mol. The zero-order valence-corrected chi connectivity index (χ0v) is 23.6. The van der Waals surface area contributed by atoms with Gasteiger partial charge in [0, 0.05) is 17.7 Å². The van der Waals surface area contributed by atoms with Crippen LogP contribution in [0.15, 0.2) is 108 Å². The molecule has 4 rings (SSSR count). The first-order chi connectivity index (χ1) is 17.4. The molecule has 2 aromatic rings. The van der Waals surface area contributed by atoms with Crippen molar-refractivity contribution in [2.45, 2.75) is 52.4 Å². The first kappa shape index (κ1) is 26.4. The molecule has 0 aromatic heterocycles. The zero-order chi connectivity index (χ0) is 26.8. The second-order valence-electron chi connectivity index (χ2n) is 12.1. The van der Waals surface area contributed by atoms with Gasteiger partial charge in [-0.05, 0) is 69.0 Å². The highest BCUT2D eigenvalue weighted by molar-refractivity contribution is 6.02. The molecule has 0 fully saturated rings. The van der Waals surface area contributed by atoms with Crippen molar-refractivity contribution < 1.29 is 9.31 Å². The smallest absolute Gasteiger partial charge is 0.199 e. The normalized spacial score (nSPS) is 16.9. The fraction of sp³-hybridized carbons (Fsp3) is 0.286. The molecule has 0 saturated heterocycles. The molecular weight excluding hydrogens is 450 g/mol. The van der Waals surface area contributed by atoms with Crippen LogP contribution in [0.1, 0.15) is 63.8 Å². The second kappa shape index (κ2) is 10.4. The molecule has 1 aliphatic carbocycles. The Labute approximate surface area is 223 Å². The molecule has 1 aliphatic heterocycles. The molecule has 0 N–H and O–H groups in total. The topological polar surface area (TPSA) is 12.2 Å². The van der Waals surface area contributed by atoms with E-state index in [1.807, 2.05) is 0 Å². The summed E-state index contributed by atoms with van der Waals surface area (Å²) in [7, 11) is 4.11. The van der Waals surface area contributed by atoms with Gasteiger partial charge in [-0.2, -0.15) is 0 Å². The highest BCUT2D eigenvalue weighted by Gasteiger charge is 2.18. The van der Waals surface area contributed by atoms with Crippen LogP contribution in [-0.4, -0.2) is 24.4 Å². The summed E-state index contributed by atoms with van der Waals surface area (Å²) in [4.78, 5) is 0. The van der Waals surface area contributed by atoms with E-state index in [1.165, 1.54) is 22.4 Å². The summed E-state index contributed by atoms with van der Waals surface area (Å²) in [5, 5.41) is 0. The van der Waals surface area contributed by atoms with Crippen molar-refractivity contribution in [1.29, 1.82) is 0 Å². The summed E-state index contributed by atoms with van der Waals surface area (Å²) >= 11 is 0. The fourth-order valence-corrected chi connectivity index (χ4v) is 4.27. The quantitative estimate of drug-likeness (QED) is 0.394. The molecule has 0 amide bonds. The van der Waals surface area contributed by atoms with Crippen molar-refractivity contribution in [3.8, 4) is 0 Å². The molecule has 37 heavy (non-hydrogen) atoms. The molecule has 2 aliphatic rings. The first-order valence-corrected chi connectivity index (χ1v) is 13.1. The average molecular weight is 491 g/mol. The summed E-state index contributed by atoms with van der Waals surface area (Å²) in [6, 6.07) is 17.7. The minimum absolute atomic E-state index is 0.113. The van der Waals surface area contributed by atoms with Crippen molar-refractivity contribution in [3.05, 3.63) is 131 Å². The van der Waals surface area contributed by atoms with Crippen LogP contribution in [0.25, 0.3) is 11.3 Å². The molecule has 1 heterocycles. The molecule has 0 bridgehead atoms. The summed E-state index contributed by atoms with van der Waals surface area (Å²) in [6.45, 7) is 13.5. The van der Waals surface area contributed by atoms with Gasteiger partial charge in [0.1, 0.15) is 25.6 Å². The first-order valence-electron chi connectivity index (χ1n) is 13.1. The Morgan fingerprint density at radius 2 is 1.14 bits per heavy atom. The molecule has 0 atom stereocenters. The van der Waals surface area contributed by atoms with E-state index >= 15 is 0 Å². The van der Waals surface area contributed by atoms with Crippen LogP contribution < -0.4 is 0 Å². The van der Waals surface area contributed by atoms with Crippen molar-refractivity contribution in [2.24, 2.45) is 0 Å². The third-order valence-corrected chi connectivity index (χ3v) is 6.78. The third kappa shape index (κ3) is 6.57. The van der Waals surface area contributed by atoms with Gasteiger partial charge in [-0.15, -0.1) is 0 Å². The lowest BCUT2D eigenvalue weighted by atomic mass is 9.86. The number of nitrogens with zero attached hydrogens (tertiary/aromatic N) is 1. The maximum Gasteiger partial charge on any atom is 0.199 e. The molecule has 190 valence electrons. The SMILES string of the molecule is C[N+](C)=C1C=CC(=C/C=C2\C=C(c3ccc(C(C)(C)C)cc3)C=C(c3ccc(C(C)(C)C)cc3)O2)C=C1. The van der Waals surface area contributed by atoms with E-state index in [4.69, 9.17) is 4.74 Å². The predicted octanol–water partition coefficient (Wildman–Crippen LogP) is 8.39. The average Bonchev–Trinajstić information content (AvgIpc) is 2.86. The fourth-order valence-electron chi connectivity index (χ4n) is 4.27. The van der Waals surface area contributed by atoms with E-state index in [-0.39, 0.29) is 10.8 Å². The highest BCUT2D eigenvalue weighted by atomic mass is 16.5. The largest absolute Gasteiger partial charge is 0.457 e. The van der Waals surface area contributed by atoms with Crippen molar-refractivity contribution in [2.75, 3.05) is 14.1 Å². The van der Waals surface area contributed by atoms with Crippen LogP contribution in [0.5, 0.6) is 0 Å². The van der Waals surface area contributed by atoms with Crippen molar-refractivity contribution in [3.63, 3.8) is 0 Å². The molecule has 0 radical (unpaired) electrons. The minimum atomic E-state index is 0.113. The van der Waals surface area contributed by atoms with E-state index in [0.717, 1.165) is 28.2 Å². The maximum atomic E-state index is 6.42. The van der Waals surface area contributed by atoms with Crippen LogP contribution in [0.4, 0.5) is 0 Å². The number of ether oxygens (including phenoxy) is 1. The zero-order valence-electron chi connectivity index (χ0n) is 23.6.